The number of carbonyl (C=O) groups is 1. The van der Waals surface area contributed by atoms with Crippen molar-refractivity contribution in [1.29, 1.82) is 0 Å². The second-order valence-electron chi connectivity index (χ2n) is 5.71. The Morgan fingerprint density at radius 1 is 1.04 bits per heavy atom. The Balaban J connectivity index is 1.70. The lowest BCUT2D eigenvalue weighted by Gasteiger charge is -2.11. The SMILES string of the molecule is Cc1cc(C)cc(OCCNC(=O)NCc2ccccc2CO)c1. The van der Waals surface area contributed by atoms with Gasteiger partial charge in [-0.05, 0) is 48.2 Å². The van der Waals surface area contributed by atoms with E-state index in [2.05, 4.69) is 16.7 Å². The van der Waals surface area contributed by atoms with Crippen LogP contribution in [0.15, 0.2) is 42.5 Å². The summed E-state index contributed by atoms with van der Waals surface area (Å²) in [6, 6.07) is 13.2. The summed E-state index contributed by atoms with van der Waals surface area (Å²) in [7, 11) is 0. The molecule has 0 spiro atoms. The Bertz CT molecular complexity index is 666. The molecule has 0 atom stereocenters. The largest absolute Gasteiger partial charge is 0.492 e. The molecular weight excluding hydrogens is 304 g/mol. The molecule has 5 heteroatoms. The highest BCUT2D eigenvalue weighted by Crippen LogP contribution is 2.15. The Morgan fingerprint density at radius 2 is 1.71 bits per heavy atom. The molecule has 0 radical (unpaired) electrons. The molecule has 0 saturated carbocycles. The van der Waals surface area contributed by atoms with Crippen LogP contribution in [0.2, 0.25) is 0 Å². The third-order valence-corrected chi connectivity index (χ3v) is 3.58. The molecule has 0 aliphatic heterocycles. The summed E-state index contributed by atoms with van der Waals surface area (Å²) in [4.78, 5) is 11.8. The van der Waals surface area contributed by atoms with Crippen LogP contribution < -0.4 is 15.4 Å². The van der Waals surface area contributed by atoms with Crippen LogP contribution in [0.25, 0.3) is 0 Å². The van der Waals surface area contributed by atoms with E-state index < -0.39 is 0 Å². The second kappa shape index (κ2) is 8.93. The molecule has 0 unspecified atom stereocenters. The van der Waals surface area contributed by atoms with E-state index in [9.17, 15) is 9.90 Å². The van der Waals surface area contributed by atoms with Crippen molar-refractivity contribution in [2.75, 3.05) is 13.2 Å². The fraction of sp³-hybridized carbons (Fsp3) is 0.316. The maximum atomic E-state index is 11.8. The summed E-state index contributed by atoms with van der Waals surface area (Å²) in [5.41, 5.74) is 4.02. The van der Waals surface area contributed by atoms with Crippen LogP contribution >= 0.6 is 0 Å². The van der Waals surface area contributed by atoms with E-state index in [4.69, 9.17) is 4.74 Å². The summed E-state index contributed by atoms with van der Waals surface area (Å²) in [6.45, 7) is 5.21. The van der Waals surface area contributed by atoms with Gasteiger partial charge in [-0.15, -0.1) is 0 Å². The highest BCUT2D eigenvalue weighted by molar-refractivity contribution is 5.73. The molecule has 0 saturated heterocycles. The molecule has 0 aromatic heterocycles. The second-order valence-corrected chi connectivity index (χ2v) is 5.71. The molecule has 0 fully saturated rings. The monoisotopic (exact) mass is 328 g/mol. The van der Waals surface area contributed by atoms with E-state index in [0.29, 0.717) is 19.7 Å². The van der Waals surface area contributed by atoms with Gasteiger partial charge < -0.3 is 20.5 Å². The number of amides is 2. The van der Waals surface area contributed by atoms with Crippen molar-refractivity contribution < 1.29 is 14.6 Å². The van der Waals surface area contributed by atoms with Gasteiger partial charge in [-0.1, -0.05) is 30.3 Å². The van der Waals surface area contributed by atoms with Gasteiger partial charge in [-0.3, -0.25) is 0 Å². The summed E-state index contributed by atoms with van der Waals surface area (Å²) in [6.07, 6.45) is 0. The topological polar surface area (TPSA) is 70.6 Å². The van der Waals surface area contributed by atoms with Gasteiger partial charge >= 0.3 is 6.03 Å². The van der Waals surface area contributed by atoms with E-state index in [1.165, 1.54) is 0 Å². The maximum Gasteiger partial charge on any atom is 0.315 e. The minimum absolute atomic E-state index is 0.0385. The van der Waals surface area contributed by atoms with Crippen LogP contribution in [0.1, 0.15) is 22.3 Å². The number of hydrogen-bond donors (Lipinski definition) is 3. The number of ether oxygens (including phenoxy) is 1. The fourth-order valence-electron chi connectivity index (χ4n) is 2.47. The smallest absolute Gasteiger partial charge is 0.315 e. The highest BCUT2D eigenvalue weighted by Gasteiger charge is 2.04. The van der Waals surface area contributed by atoms with Crippen molar-refractivity contribution >= 4 is 6.03 Å². The molecule has 2 aromatic rings. The number of aliphatic hydroxyl groups is 1. The lowest BCUT2D eigenvalue weighted by molar-refractivity contribution is 0.235. The van der Waals surface area contributed by atoms with Crippen molar-refractivity contribution in [2.24, 2.45) is 0 Å². The van der Waals surface area contributed by atoms with Gasteiger partial charge in [0, 0.05) is 6.54 Å². The molecule has 2 amide bonds. The number of urea groups is 1. The van der Waals surface area contributed by atoms with Crippen LogP contribution in [-0.4, -0.2) is 24.3 Å². The van der Waals surface area contributed by atoms with Crippen LogP contribution in [0.5, 0.6) is 5.75 Å². The first-order chi connectivity index (χ1) is 11.6. The zero-order valence-electron chi connectivity index (χ0n) is 14.1. The highest BCUT2D eigenvalue weighted by atomic mass is 16.5. The lowest BCUT2D eigenvalue weighted by atomic mass is 10.1. The van der Waals surface area contributed by atoms with Gasteiger partial charge in [0.15, 0.2) is 0 Å². The van der Waals surface area contributed by atoms with Gasteiger partial charge in [0.1, 0.15) is 12.4 Å². The molecule has 0 bridgehead atoms. The number of hydrogen-bond acceptors (Lipinski definition) is 3. The summed E-state index contributed by atoms with van der Waals surface area (Å²) in [5, 5.41) is 14.8. The van der Waals surface area contributed by atoms with Gasteiger partial charge in [-0.25, -0.2) is 4.79 Å². The molecule has 128 valence electrons. The van der Waals surface area contributed by atoms with E-state index in [0.717, 1.165) is 28.0 Å². The number of aryl methyl sites for hydroxylation is 2. The molecule has 0 heterocycles. The van der Waals surface area contributed by atoms with Crippen LogP contribution in [0.3, 0.4) is 0 Å². The first-order valence-electron chi connectivity index (χ1n) is 7.99. The average molecular weight is 328 g/mol. The zero-order chi connectivity index (χ0) is 17.4. The summed E-state index contributed by atoms with van der Waals surface area (Å²) >= 11 is 0. The van der Waals surface area contributed by atoms with Gasteiger partial charge in [0.2, 0.25) is 0 Å². The molecular formula is C19H24N2O3. The number of rotatable bonds is 7. The Labute approximate surface area is 142 Å². The predicted octanol–water partition coefficient (Wildman–Crippen LogP) is 2.67. The number of aliphatic hydroxyl groups excluding tert-OH is 1. The van der Waals surface area contributed by atoms with Crippen molar-refractivity contribution in [3.8, 4) is 5.75 Å². The number of nitrogens with one attached hydrogen (secondary N) is 2. The molecule has 24 heavy (non-hydrogen) atoms. The number of benzene rings is 2. The van der Waals surface area contributed by atoms with Crippen LogP contribution in [0.4, 0.5) is 4.79 Å². The van der Waals surface area contributed by atoms with Crippen molar-refractivity contribution in [1.82, 2.24) is 10.6 Å². The Hall–Kier alpha value is -2.53. The molecule has 0 aliphatic carbocycles. The van der Waals surface area contributed by atoms with Gasteiger partial charge in [0.05, 0.1) is 13.2 Å². The lowest BCUT2D eigenvalue weighted by Crippen LogP contribution is -2.37. The van der Waals surface area contributed by atoms with Crippen molar-refractivity contribution in [2.45, 2.75) is 27.0 Å². The van der Waals surface area contributed by atoms with Crippen molar-refractivity contribution in [3.63, 3.8) is 0 Å². The molecule has 3 N–H and O–H groups in total. The summed E-state index contributed by atoms with van der Waals surface area (Å²) in [5.74, 6) is 0.812. The minimum Gasteiger partial charge on any atom is -0.492 e. The number of carbonyl (C=O) groups excluding carboxylic acids is 1. The van der Waals surface area contributed by atoms with Crippen LogP contribution in [-0.2, 0) is 13.2 Å². The molecule has 0 aliphatic rings. The van der Waals surface area contributed by atoms with E-state index in [1.807, 2.05) is 50.2 Å². The first-order valence-corrected chi connectivity index (χ1v) is 7.99. The van der Waals surface area contributed by atoms with E-state index in [1.54, 1.807) is 0 Å². The third-order valence-electron chi connectivity index (χ3n) is 3.58. The quantitative estimate of drug-likeness (QED) is 0.684. The fourth-order valence-corrected chi connectivity index (χ4v) is 2.47. The van der Waals surface area contributed by atoms with Crippen molar-refractivity contribution in [3.05, 3.63) is 64.7 Å². The summed E-state index contributed by atoms with van der Waals surface area (Å²) < 4.78 is 5.64. The normalized spacial score (nSPS) is 10.3. The van der Waals surface area contributed by atoms with Crippen LogP contribution in [0, 0.1) is 13.8 Å². The zero-order valence-corrected chi connectivity index (χ0v) is 14.1. The van der Waals surface area contributed by atoms with Gasteiger partial charge in [-0.2, -0.15) is 0 Å². The van der Waals surface area contributed by atoms with E-state index in [-0.39, 0.29) is 12.6 Å². The predicted molar refractivity (Wildman–Crippen MR) is 94.0 cm³/mol. The Kier molecular flexibility index (Phi) is 6.63. The van der Waals surface area contributed by atoms with Gasteiger partial charge in [0.25, 0.3) is 0 Å². The molecule has 2 rings (SSSR count). The molecule has 5 nitrogen and oxygen atoms in total. The Morgan fingerprint density at radius 3 is 2.38 bits per heavy atom. The standard InChI is InChI=1S/C19H24N2O3/c1-14-9-15(2)11-18(10-14)24-8-7-20-19(23)21-12-16-5-3-4-6-17(16)13-22/h3-6,9-11,22H,7-8,12-13H2,1-2H3,(H2,20,21,23). The average Bonchev–Trinajstić information content (AvgIpc) is 2.56. The van der Waals surface area contributed by atoms with E-state index >= 15 is 0 Å². The molecule has 2 aromatic carbocycles. The minimum atomic E-state index is -0.258. The maximum absolute atomic E-state index is 11.8. The third kappa shape index (κ3) is 5.59. The first kappa shape index (κ1) is 17.8.